The van der Waals surface area contributed by atoms with Gasteiger partial charge in [-0.1, -0.05) is 35.9 Å². The van der Waals surface area contributed by atoms with Crippen molar-refractivity contribution in [2.45, 2.75) is 19.9 Å². The van der Waals surface area contributed by atoms with Crippen LogP contribution in [0.5, 0.6) is 0 Å². The van der Waals surface area contributed by atoms with Crippen LogP contribution >= 0.6 is 0 Å². The minimum atomic E-state index is 0. The molecule has 5 aromatic rings. The normalized spacial score (nSPS) is 10.9. The number of rotatable bonds is 2. The predicted octanol–water partition coefficient (Wildman–Crippen LogP) is 6.17. The summed E-state index contributed by atoms with van der Waals surface area (Å²) in [5.74, 6) is 1.06. The van der Waals surface area contributed by atoms with Crippen LogP contribution in [0.1, 0.15) is 22.3 Å². The number of pyridine rings is 1. The molecule has 0 spiro atoms. The largest absolute Gasteiger partial charge is 0.371 e. The average molecular weight is 656 g/mol. The summed E-state index contributed by atoms with van der Waals surface area (Å²) < 4.78 is 2.18. The van der Waals surface area contributed by atoms with Gasteiger partial charge in [0.2, 0.25) is 0 Å². The molecule has 1 aliphatic heterocycles. The Hall–Kier alpha value is -4.35. The molecule has 0 aliphatic carbocycles. The molecule has 3 heterocycles. The summed E-state index contributed by atoms with van der Waals surface area (Å²) in [5, 5.41) is 18.3. The first-order chi connectivity index (χ1) is 17.7. The Morgan fingerprint density at radius 3 is 2.54 bits per heavy atom. The first kappa shape index (κ1) is 25.7. The first-order valence-electron chi connectivity index (χ1n) is 11.6. The van der Waals surface area contributed by atoms with Crippen molar-refractivity contribution in [3.63, 3.8) is 0 Å². The zero-order valence-corrected chi connectivity index (χ0v) is 22.5. The van der Waals surface area contributed by atoms with Crippen molar-refractivity contribution in [2.24, 2.45) is 0 Å². The third kappa shape index (κ3) is 5.27. The Labute approximate surface area is 230 Å². The summed E-state index contributed by atoms with van der Waals surface area (Å²) in [6, 6.07) is 31.8. The Kier molecular flexibility index (Phi) is 8.06. The van der Waals surface area contributed by atoms with Gasteiger partial charge >= 0.3 is 0 Å². The van der Waals surface area contributed by atoms with E-state index in [9.17, 15) is 5.26 Å². The third-order valence-electron chi connectivity index (χ3n) is 6.16. The molecule has 1 aliphatic rings. The summed E-state index contributed by atoms with van der Waals surface area (Å²) in [6.07, 6.45) is 6.72. The van der Waals surface area contributed by atoms with E-state index in [-0.39, 0.29) is 25.7 Å². The fraction of sp³-hybridized carbons (Fsp3) is 0.0968. The number of benzene rings is 3. The molecule has 2 aromatic heterocycles. The number of hydrogen-bond donors (Lipinski definition) is 0. The van der Waals surface area contributed by atoms with Crippen LogP contribution in [0.3, 0.4) is 0 Å². The maximum absolute atomic E-state index is 9.21. The van der Waals surface area contributed by atoms with Gasteiger partial charge in [0.1, 0.15) is 0 Å². The number of nitrogens with zero attached hydrogens (tertiary/aromatic N) is 5. The molecule has 37 heavy (non-hydrogen) atoms. The molecule has 6 heteroatoms. The minimum Gasteiger partial charge on any atom is -0.371 e. The van der Waals surface area contributed by atoms with E-state index in [1.807, 2.05) is 80.0 Å². The molecular weight excluding hydrogens is 635 g/mol. The van der Waals surface area contributed by atoms with Crippen molar-refractivity contribution in [1.82, 2.24) is 14.5 Å². The van der Waals surface area contributed by atoms with Crippen LogP contribution in [0, 0.1) is 41.7 Å². The van der Waals surface area contributed by atoms with Gasteiger partial charge in [-0.15, -0.1) is 53.6 Å². The molecule has 0 bridgehead atoms. The van der Waals surface area contributed by atoms with E-state index in [4.69, 9.17) is 5.26 Å². The molecule has 0 unspecified atom stereocenters. The van der Waals surface area contributed by atoms with Gasteiger partial charge in [0, 0.05) is 50.9 Å². The van der Waals surface area contributed by atoms with Crippen LogP contribution in [0.15, 0.2) is 85.3 Å². The van der Waals surface area contributed by atoms with Gasteiger partial charge in [-0.3, -0.25) is 9.97 Å². The number of nitriles is 2. The number of fused-ring (bicyclic) bond motifs is 3. The first-order valence-corrected chi connectivity index (χ1v) is 11.6. The molecule has 181 valence electrons. The van der Waals surface area contributed by atoms with Gasteiger partial charge in [0.15, 0.2) is 0 Å². The standard InChI is InChI=1S/C20H12N3.C11H9N2.Ir/c1-14-9-10-23-20(19(14)15-5-3-2-4-6-15)16-7-8-17(12-21)18(11-16)13-22;1-2-4-10-9(3-1)5-7-13-8-6-12-11(10)13;/h2-10H,1H3;1-3,6,8H,5,7H2;/q2*-1;. The zero-order valence-electron chi connectivity index (χ0n) is 20.1. The minimum absolute atomic E-state index is 0. The van der Waals surface area contributed by atoms with E-state index < -0.39 is 0 Å². The van der Waals surface area contributed by atoms with Gasteiger partial charge < -0.3 is 4.57 Å². The van der Waals surface area contributed by atoms with Crippen LogP contribution in [-0.4, -0.2) is 14.5 Å². The molecule has 0 fully saturated rings. The van der Waals surface area contributed by atoms with Crippen LogP contribution in [0.25, 0.3) is 33.8 Å². The van der Waals surface area contributed by atoms with E-state index in [1.165, 1.54) is 11.1 Å². The molecule has 0 atom stereocenters. The summed E-state index contributed by atoms with van der Waals surface area (Å²) in [4.78, 5) is 8.82. The van der Waals surface area contributed by atoms with Gasteiger partial charge in [-0.05, 0) is 53.3 Å². The topological polar surface area (TPSA) is 78.3 Å². The number of aryl methyl sites for hydroxylation is 3. The molecule has 1 radical (unpaired) electrons. The van der Waals surface area contributed by atoms with Gasteiger partial charge in [0.05, 0.1) is 11.9 Å². The Morgan fingerprint density at radius 2 is 1.76 bits per heavy atom. The van der Waals surface area contributed by atoms with Crippen molar-refractivity contribution < 1.29 is 20.1 Å². The Morgan fingerprint density at radius 1 is 0.919 bits per heavy atom. The zero-order chi connectivity index (χ0) is 24.9. The second kappa shape index (κ2) is 11.6. The maximum atomic E-state index is 9.21. The quantitative estimate of drug-likeness (QED) is 0.213. The van der Waals surface area contributed by atoms with E-state index in [2.05, 4.69) is 32.7 Å². The van der Waals surface area contributed by atoms with Gasteiger partial charge in [-0.25, -0.2) is 10.5 Å². The van der Waals surface area contributed by atoms with Crippen LogP contribution in [0.4, 0.5) is 0 Å². The molecule has 0 amide bonds. The van der Waals surface area contributed by atoms with Gasteiger partial charge in [-0.2, -0.15) is 0 Å². The van der Waals surface area contributed by atoms with Crippen molar-refractivity contribution >= 4 is 0 Å². The van der Waals surface area contributed by atoms with Crippen molar-refractivity contribution in [1.29, 1.82) is 10.5 Å². The van der Waals surface area contributed by atoms with Crippen LogP contribution in [-0.2, 0) is 33.1 Å². The molecule has 6 rings (SSSR count). The molecule has 3 aromatic carbocycles. The van der Waals surface area contributed by atoms with E-state index in [0.29, 0.717) is 11.1 Å². The maximum Gasteiger partial charge on any atom is 0.0584 e. The number of aromatic nitrogens is 3. The second-order valence-corrected chi connectivity index (χ2v) is 8.37. The molecule has 0 N–H and O–H groups in total. The van der Waals surface area contributed by atoms with Crippen LogP contribution < -0.4 is 0 Å². The second-order valence-electron chi connectivity index (χ2n) is 8.37. The summed E-state index contributed by atoms with van der Waals surface area (Å²) in [7, 11) is 0. The number of imidazole rings is 1. The third-order valence-corrected chi connectivity index (χ3v) is 6.16. The van der Waals surface area contributed by atoms with E-state index >= 15 is 0 Å². The Balaban J connectivity index is 0.000000193. The van der Waals surface area contributed by atoms with Crippen molar-refractivity contribution in [2.75, 3.05) is 0 Å². The predicted molar refractivity (Wildman–Crippen MR) is 138 cm³/mol. The molecule has 5 nitrogen and oxygen atoms in total. The SMILES string of the molecule is Cc1ccnc(-c2[c-]c(C#N)c(C#N)cc2)c1-c1ccccc1.[Ir].[c-]1cccc2c1-c1nccn1CC2. The summed E-state index contributed by atoms with van der Waals surface area (Å²) in [5.41, 5.74) is 7.73. The summed E-state index contributed by atoms with van der Waals surface area (Å²) >= 11 is 0. The Bertz CT molecular complexity index is 1620. The summed E-state index contributed by atoms with van der Waals surface area (Å²) in [6.45, 7) is 3.07. The monoisotopic (exact) mass is 656 g/mol. The average Bonchev–Trinajstić information content (AvgIpc) is 3.43. The van der Waals surface area contributed by atoms with Crippen molar-refractivity contribution in [3.05, 3.63) is 120 Å². The van der Waals surface area contributed by atoms with E-state index in [1.54, 1.807) is 18.3 Å². The molecule has 0 saturated heterocycles. The van der Waals surface area contributed by atoms with E-state index in [0.717, 1.165) is 41.2 Å². The smallest absolute Gasteiger partial charge is 0.0584 e. The fourth-order valence-corrected chi connectivity index (χ4v) is 4.39. The van der Waals surface area contributed by atoms with Crippen LogP contribution in [0.2, 0.25) is 0 Å². The molecular formula is C31H21IrN5-2. The van der Waals surface area contributed by atoms with Gasteiger partial charge in [0.25, 0.3) is 0 Å². The molecule has 0 saturated carbocycles. The fourth-order valence-electron chi connectivity index (χ4n) is 4.39. The van der Waals surface area contributed by atoms with Crippen molar-refractivity contribution in [3.8, 4) is 45.9 Å². The number of hydrogen-bond acceptors (Lipinski definition) is 4.